The van der Waals surface area contributed by atoms with Gasteiger partial charge in [-0.25, -0.2) is 4.79 Å². The summed E-state index contributed by atoms with van der Waals surface area (Å²) in [5, 5.41) is 2.75. The van der Waals surface area contributed by atoms with E-state index in [1.54, 1.807) is 12.1 Å². The molecule has 1 rings (SSSR count). The van der Waals surface area contributed by atoms with Crippen molar-refractivity contribution in [1.82, 2.24) is 5.32 Å². The molecule has 5 N–H and O–H groups in total. The van der Waals surface area contributed by atoms with Crippen molar-refractivity contribution >= 4 is 17.8 Å². The van der Waals surface area contributed by atoms with Crippen LogP contribution in [0.15, 0.2) is 36.9 Å². The number of esters is 1. The maximum absolute atomic E-state index is 10.7. The van der Waals surface area contributed by atoms with Crippen LogP contribution in [0, 0.1) is 0 Å². The summed E-state index contributed by atoms with van der Waals surface area (Å²) in [7, 11) is 3.75. The van der Waals surface area contributed by atoms with Gasteiger partial charge in [-0.15, -0.1) is 0 Å². The highest BCUT2D eigenvalue weighted by atomic mass is 16.5. The molecule has 0 fully saturated rings. The van der Waals surface area contributed by atoms with E-state index >= 15 is 0 Å². The molecule has 0 atom stereocenters. The zero-order valence-electron chi connectivity index (χ0n) is 13.8. The first kappa shape index (κ1) is 22.6. The van der Waals surface area contributed by atoms with Crippen LogP contribution in [0.3, 0.4) is 0 Å². The van der Waals surface area contributed by atoms with Crippen LogP contribution in [0.4, 0.5) is 0 Å². The second kappa shape index (κ2) is 14.3. The van der Waals surface area contributed by atoms with Crippen molar-refractivity contribution in [3.63, 3.8) is 0 Å². The summed E-state index contributed by atoms with van der Waals surface area (Å²) in [6.45, 7) is 5.67. The number of ether oxygens (including phenoxy) is 1. The number of carbonyl (C=O) groups excluding carboxylic acids is 3. The van der Waals surface area contributed by atoms with Gasteiger partial charge in [-0.2, -0.15) is 0 Å². The molecule has 1 aromatic carbocycles. The molecule has 0 bridgehead atoms. The summed E-state index contributed by atoms with van der Waals surface area (Å²) >= 11 is 0. The Morgan fingerprint density at radius 1 is 1.13 bits per heavy atom. The van der Waals surface area contributed by atoms with Crippen LogP contribution >= 0.6 is 0 Å². The number of nitrogens with two attached hydrogens (primary N) is 2. The van der Waals surface area contributed by atoms with Gasteiger partial charge in [-0.3, -0.25) is 9.59 Å². The Hall–Kier alpha value is -2.67. The predicted octanol–water partition coefficient (Wildman–Crippen LogP) is 0.846. The Morgan fingerprint density at radius 2 is 1.52 bits per heavy atom. The molecule has 0 unspecified atom stereocenters. The predicted molar refractivity (Wildman–Crippen MR) is 89.9 cm³/mol. The van der Waals surface area contributed by atoms with Crippen molar-refractivity contribution in [3.05, 3.63) is 48.0 Å². The van der Waals surface area contributed by atoms with E-state index in [0.717, 1.165) is 12.5 Å². The summed E-state index contributed by atoms with van der Waals surface area (Å²) in [5.41, 5.74) is 10.3. The van der Waals surface area contributed by atoms with Gasteiger partial charge in [-0.1, -0.05) is 25.6 Å². The zero-order chi connectivity index (χ0) is 18.3. The average molecular weight is 323 g/mol. The second-order valence-corrected chi connectivity index (χ2v) is 4.15. The third-order valence-corrected chi connectivity index (χ3v) is 2.07. The van der Waals surface area contributed by atoms with Crippen molar-refractivity contribution in [2.75, 3.05) is 20.7 Å². The lowest BCUT2D eigenvalue weighted by Crippen LogP contribution is -2.20. The SMILES string of the molecule is C=CC(=O)OCCC.CNC.NC(=O)c1ccccc1C(N)=O. The fraction of sp³-hybridized carbons (Fsp3) is 0.312. The second-order valence-electron chi connectivity index (χ2n) is 4.15. The lowest BCUT2D eigenvalue weighted by Gasteiger charge is -2.00. The Balaban J connectivity index is 0. The minimum atomic E-state index is -0.649. The normalized spacial score (nSPS) is 8.48. The minimum absolute atomic E-state index is 0.157. The van der Waals surface area contributed by atoms with Crippen molar-refractivity contribution in [2.24, 2.45) is 11.5 Å². The van der Waals surface area contributed by atoms with Gasteiger partial charge in [0.15, 0.2) is 0 Å². The molecular weight excluding hydrogens is 298 g/mol. The van der Waals surface area contributed by atoms with E-state index < -0.39 is 11.8 Å². The molecule has 128 valence electrons. The largest absolute Gasteiger partial charge is 0.463 e. The number of hydrogen-bond donors (Lipinski definition) is 3. The molecule has 0 aromatic heterocycles. The summed E-state index contributed by atoms with van der Waals surface area (Å²) in [6.07, 6.45) is 2.02. The van der Waals surface area contributed by atoms with Crippen molar-refractivity contribution in [3.8, 4) is 0 Å². The first-order valence-electron chi connectivity index (χ1n) is 6.91. The van der Waals surface area contributed by atoms with Crippen molar-refractivity contribution < 1.29 is 19.1 Å². The first-order valence-corrected chi connectivity index (χ1v) is 6.91. The van der Waals surface area contributed by atoms with Gasteiger partial charge in [0.05, 0.1) is 17.7 Å². The molecule has 0 heterocycles. The molecule has 1 aromatic rings. The summed E-state index contributed by atoms with van der Waals surface area (Å²) < 4.78 is 4.58. The van der Waals surface area contributed by atoms with Gasteiger partial charge in [0.2, 0.25) is 11.8 Å². The fourth-order valence-electron chi connectivity index (χ4n) is 1.17. The van der Waals surface area contributed by atoms with E-state index in [9.17, 15) is 14.4 Å². The van der Waals surface area contributed by atoms with E-state index in [4.69, 9.17) is 11.5 Å². The molecule has 0 saturated carbocycles. The number of benzene rings is 1. The number of hydrogen-bond acceptors (Lipinski definition) is 5. The van der Waals surface area contributed by atoms with E-state index in [-0.39, 0.29) is 17.1 Å². The maximum atomic E-state index is 10.7. The summed E-state index contributed by atoms with van der Waals surface area (Å²) in [5.74, 6) is -1.64. The zero-order valence-corrected chi connectivity index (χ0v) is 13.8. The fourth-order valence-corrected chi connectivity index (χ4v) is 1.17. The topological polar surface area (TPSA) is 125 Å². The number of primary amides is 2. The monoisotopic (exact) mass is 323 g/mol. The van der Waals surface area contributed by atoms with E-state index in [1.165, 1.54) is 12.1 Å². The molecule has 2 amide bonds. The summed E-state index contributed by atoms with van der Waals surface area (Å²) in [6, 6.07) is 6.16. The van der Waals surface area contributed by atoms with Crippen LogP contribution < -0.4 is 16.8 Å². The van der Waals surface area contributed by atoms with E-state index in [0.29, 0.717) is 6.61 Å². The van der Waals surface area contributed by atoms with Crippen LogP contribution in [0.2, 0.25) is 0 Å². The standard InChI is InChI=1S/C8H8N2O2.C6H10O2.C2H7N/c9-7(11)5-3-1-2-4-6(5)8(10)12;1-3-5-8-6(7)4-2;1-3-2/h1-4H,(H2,9,11)(H2,10,12);4H,2-3,5H2,1H3;3H,1-2H3. The lowest BCUT2D eigenvalue weighted by molar-refractivity contribution is -0.137. The lowest BCUT2D eigenvalue weighted by atomic mass is 10.1. The molecule has 0 aliphatic carbocycles. The Labute approximate surface area is 136 Å². The quantitative estimate of drug-likeness (QED) is 0.547. The third-order valence-electron chi connectivity index (χ3n) is 2.07. The molecule has 7 nitrogen and oxygen atoms in total. The van der Waals surface area contributed by atoms with Crippen LogP contribution in [-0.2, 0) is 9.53 Å². The molecular formula is C16H25N3O4. The Bertz CT molecular complexity index is 483. The van der Waals surface area contributed by atoms with Crippen LogP contribution in [0.25, 0.3) is 0 Å². The van der Waals surface area contributed by atoms with Gasteiger partial charge in [0, 0.05) is 6.08 Å². The highest BCUT2D eigenvalue weighted by Gasteiger charge is 2.10. The van der Waals surface area contributed by atoms with Gasteiger partial charge in [0.25, 0.3) is 0 Å². The summed E-state index contributed by atoms with van der Waals surface area (Å²) in [4.78, 5) is 31.7. The highest BCUT2D eigenvalue weighted by molar-refractivity contribution is 6.06. The van der Waals surface area contributed by atoms with Gasteiger partial charge in [0.1, 0.15) is 0 Å². The number of rotatable bonds is 5. The number of amides is 2. The highest BCUT2D eigenvalue weighted by Crippen LogP contribution is 2.06. The van der Waals surface area contributed by atoms with Gasteiger partial charge in [-0.05, 0) is 32.6 Å². The van der Waals surface area contributed by atoms with Crippen molar-refractivity contribution in [2.45, 2.75) is 13.3 Å². The van der Waals surface area contributed by atoms with Crippen LogP contribution in [-0.4, -0.2) is 38.5 Å². The molecule has 0 radical (unpaired) electrons. The molecule has 7 heteroatoms. The minimum Gasteiger partial charge on any atom is -0.463 e. The molecule has 0 spiro atoms. The molecule has 0 aliphatic heterocycles. The van der Waals surface area contributed by atoms with E-state index in [1.807, 2.05) is 21.0 Å². The Kier molecular flexibility index (Phi) is 14.0. The van der Waals surface area contributed by atoms with Gasteiger partial charge < -0.3 is 21.5 Å². The maximum Gasteiger partial charge on any atom is 0.330 e. The molecule has 0 aliphatic rings. The smallest absolute Gasteiger partial charge is 0.330 e. The first-order chi connectivity index (χ1) is 10.8. The number of carbonyl (C=O) groups is 3. The van der Waals surface area contributed by atoms with Crippen LogP contribution in [0.1, 0.15) is 34.1 Å². The number of nitrogens with one attached hydrogen (secondary N) is 1. The van der Waals surface area contributed by atoms with E-state index in [2.05, 4.69) is 16.6 Å². The molecule has 0 saturated heterocycles. The Morgan fingerprint density at radius 3 is 1.78 bits per heavy atom. The van der Waals surface area contributed by atoms with Gasteiger partial charge >= 0.3 is 5.97 Å². The third kappa shape index (κ3) is 11.6. The molecule has 23 heavy (non-hydrogen) atoms. The average Bonchev–Trinajstić information content (AvgIpc) is 2.53. The van der Waals surface area contributed by atoms with Crippen LogP contribution in [0.5, 0.6) is 0 Å². The van der Waals surface area contributed by atoms with Crippen molar-refractivity contribution in [1.29, 1.82) is 0 Å².